The van der Waals surface area contributed by atoms with Gasteiger partial charge in [0.25, 0.3) is 0 Å². The second-order valence-electron chi connectivity index (χ2n) is 10.6. The van der Waals surface area contributed by atoms with Crippen LogP contribution in [0.25, 0.3) is 78.0 Å². The van der Waals surface area contributed by atoms with E-state index in [9.17, 15) is 0 Å². The van der Waals surface area contributed by atoms with Gasteiger partial charge in [-0.1, -0.05) is 139 Å². The highest BCUT2D eigenvalue weighted by atomic mass is 15.0. The molecule has 0 fully saturated rings. The van der Waals surface area contributed by atoms with Crippen molar-refractivity contribution in [3.05, 3.63) is 164 Å². The van der Waals surface area contributed by atoms with Gasteiger partial charge < -0.3 is 0 Å². The zero-order valence-electron chi connectivity index (χ0n) is 28.5. The molecule has 0 spiro atoms. The molecule has 3 heteroatoms. The monoisotopic (exact) mass is 566 g/mol. The van der Waals surface area contributed by atoms with Gasteiger partial charge in [-0.05, 0) is 68.1 Å². The number of hydrogen-bond donors (Lipinski definition) is 0. The fourth-order valence-electron chi connectivity index (χ4n) is 5.51. The van der Waals surface area contributed by atoms with Crippen molar-refractivity contribution in [1.29, 1.82) is 0 Å². The first-order valence-electron chi connectivity index (χ1n) is 16.9. The molecule has 206 valence electrons. The first kappa shape index (κ1) is 20.9. The fourth-order valence-corrected chi connectivity index (χ4v) is 5.51. The molecule has 0 saturated carbocycles. The van der Waals surface area contributed by atoms with E-state index >= 15 is 0 Å². The second-order valence-corrected chi connectivity index (χ2v) is 10.6. The van der Waals surface area contributed by atoms with Crippen LogP contribution < -0.4 is 0 Å². The molecule has 0 amide bonds. The van der Waals surface area contributed by atoms with E-state index < -0.39 is 18.1 Å². The Bertz CT molecular complexity index is 2540. The summed E-state index contributed by atoms with van der Waals surface area (Å²) in [5.41, 5.74) is 5.67. The summed E-state index contributed by atoms with van der Waals surface area (Å²) in [7, 11) is 0. The molecule has 0 bridgehead atoms. The number of benzene rings is 7. The van der Waals surface area contributed by atoms with Crippen LogP contribution in [0.15, 0.2) is 164 Å². The van der Waals surface area contributed by atoms with Crippen LogP contribution in [0.3, 0.4) is 0 Å². The highest BCUT2D eigenvalue weighted by Crippen LogP contribution is 2.32. The maximum Gasteiger partial charge on any atom is 0.164 e. The minimum Gasteiger partial charge on any atom is -0.208 e. The van der Waals surface area contributed by atoms with Gasteiger partial charge in [0, 0.05) is 16.7 Å². The molecule has 0 N–H and O–H groups in total. The maximum atomic E-state index is 8.63. The summed E-state index contributed by atoms with van der Waals surface area (Å²) in [4.78, 5) is 14.3. The van der Waals surface area contributed by atoms with Crippen molar-refractivity contribution >= 4 is 21.5 Å². The molecule has 0 aliphatic heterocycles. The highest BCUT2D eigenvalue weighted by Gasteiger charge is 2.13. The summed E-state index contributed by atoms with van der Waals surface area (Å²) in [5.74, 6) is 0.675. The van der Waals surface area contributed by atoms with Crippen LogP contribution in [-0.2, 0) is 0 Å². The van der Waals surface area contributed by atoms with Crippen molar-refractivity contribution in [2.24, 2.45) is 0 Å². The van der Waals surface area contributed by atoms with Crippen LogP contribution in [0, 0.1) is 0 Å². The molecule has 8 aromatic rings. The molecule has 0 aliphatic carbocycles. The Morgan fingerprint density at radius 2 is 0.773 bits per heavy atom. The van der Waals surface area contributed by atoms with Crippen molar-refractivity contribution in [2.45, 2.75) is 0 Å². The number of nitrogens with zero attached hydrogens (tertiary/aromatic N) is 3. The maximum absolute atomic E-state index is 8.63. The number of fused-ring (bicyclic) bond motifs is 2. The van der Waals surface area contributed by atoms with Gasteiger partial charge in [-0.25, -0.2) is 15.0 Å². The summed E-state index contributed by atoms with van der Waals surface area (Å²) >= 11 is 0. The first-order valence-corrected chi connectivity index (χ1v) is 14.4. The van der Waals surface area contributed by atoms with E-state index in [1.807, 2.05) is 84.9 Å². The molecule has 0 atom stereocenters. The Hall–Kier alpha value is -5.93. The van der Waals surface area contributed by atoms with Crippen molar-refractivity contribution in [2.75, 3.05) is 0 Å². The Morgan fingerprint density at radius 1 is 0.318 bits per heavy atom. The van der Waals surface area contributed by atoms with Crippen molar-refractivity contribution in [1.82, 2.24) is 15.0 Å². The molecule has 0 saturated heterocycles. The fraction of sp³-hybridized carbons (Fsp3) is 0. The third kappa shape index (κ3) is 5.01. The first-order chi connectivity index (χ1) is 23.8. The zero-order chi connectivity index (χ0) is 33.6. The molecular formula is C41H27N3. The normalized spacial score (nSPS) is 12.8. The topological polar surface area (TPSA) is 38.7 Å². The van der Waals surface area contributed by atoms with Crippen molar-refractivity contribution in [3.8, 4) is 56.4 Å². The van der Waals surface area contributed by atoms with E-state index in [1.54, 1.807) is 0 Å². The van der Waals surface area contributed by atoms with Crippen LogP contribution >= 0.6 is 0 Å². The summed E-state index contributed by atoms with van der Waals surface area (Å²) in [6, 6.07) is 42.8. The summed E-state index contributed by atoms with van der Waals surface area (Å²) in [6.45, 7) is 0. The smallest absolute Gasteiger partial charge is 0.164 e. The van der Waals surface area contributed by atoms with Crippen LogP contribution in [0.5, 0.6) is 0 Å². The largest absolute Gasteiger partial charge is 0.208 e. The van der Waals surface area contributed by atoms with Gasteiger partial charge in [-0.15, -0.1) is 0 Å². The zero-order valence-corrected chi connectivity index (χ0v) is 23.5. The van der Waals surface area contributed by atoms with Crippen LogP contribution in [0.2, 0.25) is 0 Å². The van der Waals surface area contributed by atoms with E-state index in [1.165, 1.54) is 5.56 Å². The van der Waals surface area contributed by atoms with Gasteiger partial charge in [-0.3, -0.25) is 0 Å². The molecule has 1 heterocycles. The SMILES string of the molecule is [2H]c1c([2H])c([2H])c(-c2nc(-c3cccc(-c4ccc5cc(-c6ccccc6)ccc5c4)c3)nc(-c3ccc4ccccc4c3)n2)c([2H])c1[2H]. The lowest BCUT2D eigenvalue weighted by Gasteiger charge is -2.11. The van der Waals surface area contributed by atoms with Gasteiger partial charge >= 0.3 is 0 Å². The second kappa shape index (κ2) is 11.0. The van der Waals surface area contributed by atoms with Gasteiger partial charge in [0.1, 0.15) is 0 Å². The lowest BCUT2D eigenvalue weighted by molar-refractivity contribution is 1.07. The molecular weight excluding hydrogens is 534 g/mol. The highest BCUT2D eigenvalue weighted by molar-refractivity contribution is 5.91. The molecule has 0 aliphatic rings. The Balaban J connectivity index is 1.26. The van der Waals surface area contributed by atoms with Crippen LogP contribution in [0.4, 0.5) is 0 Å². The van der Waals surface area contributed by atoms with Crippen LogP contribution in [0.1, 0.15) is 6.85 Å². The predicted octanol–water partition coefficient (Wildman–Crippen LogP) is 10.5. The standard InChI is InChI=1S/C41H27N3/c1-3-10-28(11-4-1)33-19-20-36-25-34(21-22-35(36)24-33)32-16-9-17-37(27-32)40-42-39(30-13-5-2-6-14-30)43-41(44-40)38-23-18-29-12-7-8-15-31(29)26-38/h1-27H/i2D,5D,6D,13D,14D. The minimum absolute atomic E-state index is 0.00971. The molecule has 0 unspecified atom stereocenters. The molecule has 8 rings (SSSR count). The quantitative estimate of drug-likeness (QED) is 0.208. The van der Waals surface area contributed by atoms with E-state index in [4.69, 9.17) is 21.8 Å². The molecule has 1 aromatic heterocycles. The van der Waals surface area contributed by atoms with Gasteiger partial charge in [-0.2, -0.15) is 0 Å². The van der Waals surface area contributed by atoms with Crippen molar-refractivity contribution < 1.29 is 6.85 Å². The average Bonchev–Trinajstić information content (AvgIpc) is 3.16. The lowest BCUT2D eigenvalue weighted by Crippen LogP contribution is -2.00. The molecule has 7 aromatic carbocycles. The number of hydrogen-bond acceptors (Lipinski definition) is 3. The van der Waals surface area contributed by atoms with E-state index in [0.717, 1.165) is 43.8 Å². The predicted molar refractivity (Wildman–Crippen MR) is 182 cm³/mol. The average molecular weight is 567 g/mol. The van der Waals surface area contributed by atoms with Gasteiger partial charge in [0.15, 0.2) is 17.5 Å². The van der Waals surface area contributed by atoms with E-state index in [0.29, 0.717) is 17.2 Å². The van der Waals surface area contributed by atoms with Crippen molar-refractivity contribution in [3.63, 3.8) is 0 Å². The van der Waals surface area contributed by atoms with E-state index in [-0.39, 0.29) is 23.5 Å². The third-order valence-corrected chi connectivity index (χ3v) is 7.77. The van der Waals surface area contributed by atoms with Crippen LogP contribution in [-0.4, -0.2) is 15.0 Å². The Kier molecular flexibility index (Phi) is 5.24. The Morgan fingerprint density at radius 3 is 1.50 bits per heavy atom. The van der Waals surface area contributed by atoms with Gasteiger partial charge in [0.2, 0.25) is 0 Å². The number of aromatic nitrogens is 3. The minimum atomic E-state index is -0.470. The van der Waals surface area contributed by atoms with Gasteiger partial charge in [0.05, 0.1) is 6.85 Å². The van der Waals surface area contributed by atoms with E-state index in [2.05, 4.69) is 48.5 Å². The summed E-state index contributed by atoms with van der Waals surface area (Å²) in [5, 5.41) is 4.32. The lowest BCUT2D eigenvalue weighted by atomic mass is 9.97. The summed E-state index contributed by atoms with van der Waals surface area (Å²) in [6.07, 6.45) is 0. The number of rotatable bonds is 5. The molecule has 0 radical (unpaired) electrons. The molecule has 44 heavy (non-hydrogen) atoms. The summed E-state index contributed by atoms with van der Waals surface area (Å²) < 4.78 is 41.9. The third-order valence-electron chi connectivity index (χ3n) is 7.77. The Labute approximate surface area is 263 Å². The molecule has 3 nitrogen and oxygen atoms in total.